The Bertz CT molecular complexity index is 976. The van der Waals surface area contributed by atoms with Crippen molar-refractivity contribution in [1.82, 2.24) is 15.5 Å². The summed E-state index contributed by atoms with van der Waals surface area (Å²) in [5, 5.41) is 6.08. The average molecular weight is 486 g/mol. The molecule has 0 spiro atoms. The fourth-order valence-corrected chi connectivity index (χ4v) is 5.78. The highest BCUT2D eigenvalue weighted by Gasteiger charge is 2.39. The molecule has 3 unspecified atom stereocenters. The number of nitrogens with one attached hydrogen (secondary N) is 2. The van der Waals surface area contributed by atoms with Crippen molar-refractivity contribution in [3.05, 3.63) is 29.3 Å². The zero-order valence-corrected chi connectivity index (χ0v) is 20.3. The van der Waals surface area contributed by atoms with E-state index in [0.29, 0.717) is 18.5 Å². The van der Waals surface area contributed by atoms with E-state index < -0.39 is 11.9 Å². The molecule has 2 saturated heterocycles. The molecule has 4 aliphatic rings. The van der Waals surface area contributed by atoms with Gasteiger partial charge in [0.25, 0.3) is 5.91 Å². The molecule has 3 amide bonds. The first-order valence-electron chi connectivity index (χ1n) is 12.8. The Labute approximate surface area is 205 Å². The van der Waals surface area contributed by atoms with Crippen LogP contribution in [0, 0.1) is 0 Å². The Morgan fingerprint density at radius 1 is 1.14 bits per heavy atom. The molecule has 190 valence electrons. The number of imide groups is 1. The quantitative estimate of drug-likeness (QED) is 0.569. The van der Waals surface area contributed by atoms with Crippen LogP contribution in [0.1, 0.15) is 67.3 Å². The van der Waals surface area contributed by atoms with Crippen molar-refractivity contribution in [2.75, 3.05) is 26.9 Å². The molecule has 5 rings (SSSR count). The molecular weight excluding hydrogens is 450 g/mol. The van der Waals surface area contributed by atoms with Crippen LogP contribution in [0.5, 0.6) is 5.75 Å². The minimum absolute atomic E-state index is 0.0406. The normalized spacial score (nSPS) is 28.5. The predicted octanol–water partition coefficient (Wildman–Crippen LogP) is 1.92. The highest BCUT2D eigenvalue weighted by atomic mass is 16.5. The van der Waals surface area contributed by atoms with Gasteiger partial charge in [-0.1, -0.05) is 6.42 Å². The molecule has 9 nitrogen and oxygen atoms in total. The number of benzene rings is 1. The molecule has 2 N–H and O–H groups in total. The van der Waals surface area contributed by atoms with Gasteiger partial charge in [-0.25, -0.2) is 0 Å². The van der Waals surface area contributed by atoms with E-state index in [1.807, 2.05) is 12.1 Å². The van der Waals surface area contributed by atoms with E-state index >= 15 is 0 Å². The van der Waals surface area contributed by atoms with Gasteiger partial charge in [-0.3, -0.25) is 19.7 Å². The molecule has 3 atom stereocenters. The number of hydrogen-bond donors (Lipinski definition) is 2. The molecule has 0 bridgehead atoms. The number of hydrogen-bond acceptors (Lipinski definition) is 7. The molecule has 1 saturated carbocycles. The van der Waals surface area contributed by atoms with Crippen molar-refractivity contribution in [3.63, 3.8) is 0 Å². The van der Waals surface area contributed by atoms with Gasteiger partial charge in [0.15, 0.2) is 0 Å². The van der Waals surface area contributed by atoms with Gasteiger partial charge >= 0.3 is 0 Å². The minimum atomic E-state index is -0.609. The van der Waals surface area contributed by atoms with Gasteiger partial charge in [-0.05, 0) is 49.4 Å². The number of rotatable bonds is 7. The predicted molar refractivity (Wildman–Crippen MR) is 127 cm³/mol. The van der Waals surface area contributed by atoms with Crippen LogP contribution >= 0.6 is 0 Å². The summed E-state index contributed by atoms with van der Waals surface area (Å²) in [7, 11) is 1.78. The van der Waals surface area contributed by atoms with Crippen molar-refractivity contribution in [2.45, 2.75) is 81.7 Å². The molecule has 3 heterocycles. The Balaban J connectivity index is 1.24. The van der Waals surface area contributed by atoms with Crippen LogP contribution in [-0.4, -0.2) is 73.3 Å². The Morgan fingerprint density at radius 3 is 2.71 bits per heavy atom. The van der Waals surface area contributed by atoms with Gasteiger partial charge < -0.3 is 24.4 Å². The second-order valence-corrected chi connectivity index (χ2v) is 10.1. The number of ether oxygens (including phenoxy) is 3. The summed E-state index contributed by atoms with van der Waals surface area (Å²) < 4.78 is 17.9. The van der Waals surface area contributed by atoms with E-state index in [2.05, 4.69) is 10.6 Å². The zero-order valence-electron chi connectivity index (χ0n) is 20.3. The summed E-state index contributed by atoms with van der Waals surface area (Å²) in [6, 6.07) is 5.20. The summed E-state index contributed by atoms with van der Waals surface area (Å²) in [6.45, 7) is 2.58. The van der Waals surface area contributed by atoms with Gasteiger partial charge in [0.1, 0.15) is 17.9 Å². The van der Waals surface area contributed by atoms with E-state index in [0.717, 1.165) is 63.2 Å². The lowest BCUT2D eigenvalue weighted by Crippen LogP contribution is -2.53. The average Bonchev–Trinajstić information content (AvgIpc) is 3.19. The molecule has 3 fully saturated rings. The van der Waals surface area contributed by atoms with Crippen LogP contribution < -0.4 is 15.4 Å². The van der Waals surface area contributed by atoms with E-state index in [9.17, 15) is 14.4 Å². The number of methoxy groups -OCH3 is 1. The lowest BCUT2D eigenvalue weighted by Gasteiger charge is -2.39. The van der Waals surface area contributed by atoms with Crippen LogP contribution in [0.3, 0.4) is 0 Å². The molecule has 0 aromatic heterocycles. The zero-order chi connectivity index (χ0) is 24.4. The second kappa shape index (κ2) is 10.2. The number of carbonyl (C=O) groups is 3. The van der Waals surface area contributed by atoms with Crippen LogP contribution in [0.4, 0.5) is 0 Å². The Hall–Kier alpha value is -2.49. The van der Waals surface area contributed by atoms with Gasteiger partial charge in [-0.15, -0.1) is 0 Å². The highest BCUT2D eigenvalue weighted by molar-refractivity contribution is 6.05. The highest BCUT2D eigenvalue weighted by Crippen LogP contribution is 2.32. The Kier molecular flexibility index (Phi) is 7.09. The van der Waals surface area contributed by atoms with Crippen LogP contribution in [0.2, 0.25) is 0 Å². The Morgan fingerprint density at radius 2 is 1.94 bits per heavy atom. The standard InChI is InChI=1S/C26H35N3O6/c1-33-26(10-12-34-13-11-26)16-27-20-4-2-3-5-22(20)35-18-6-7-19-17(14-18)15-29(25(19)32)21-8-9-23(30)28-24(21)31/h6-7,14,20-22,27H,2-5,8-13,15-16H2,1H3,(H,28,30,31). The number of amides is 3. The van der Waals surface area contributed by atoms with E-state index in [1.165, 1.54) is 6.42 Å². The van der Waals surface area contributed by atoms with Gasteiger partial charge in [-0.2, -0.15) is 0 Å². The maximum Gasteiger partial charge on any atom is 0.255 e. The van der Waals surface area contributed by atoms with E-state index in [4.69, 9.17) is 14.2 Å². The second-order valence-electron chi connectivity index (χ2n) is 10.1. The summed E-state index contributed by atoms with van der Waals surface area (Å²) in [4.78, 5) is 38.3. The van der Waals surface area contributed by atoms with Crippen molar-refractivity contribution in [1.29, 1.82) is 0 Å². The first kappa shape index (κ1) is 24.2. The molecule has 1 aromatic carbocycles. The largest absolute Gasteiger partial charge is 0.489 e. The number of nitrogens with zero attached hydrogens (tertiary/aromatic N) is 1. The summed E-state index contributed by atoms with van der Waals surface area (Å²) in [5.74, 6) is -0.101. The third-order valence-corrected chi connectivity index (χ3v) is 8.01. The van der Waals surface area contributed by atoms with Gasteiger partial charge in [0, 0.05) is 64.3 Å². The maximum absolute atomic E-state index is 13.0. The van der Waals surface area contributed by atoms with Crippen LogP contribution in [0.15, 0.2) is 18.2 Å². The minimum Gasteiger partial charge on any atom is -0.489 e. The number of piperidine rings is 1. The molecule has 0 radical (unpaired) electrons. The van der Waals surface area contributed by atoms with Gasteiger partial charge in [0.05, 0.1) is 5.60 Å². The van der Waals surface area contributed by atoms with Crippen molar-refractivity contribution in [2.24, 2.45) is 0 Å². The first-order valence-corrected chi connectivity index (χ1v) is 12.8. The van der Waals surface area contributed by atoms with E-state index in [1.54, 1.807) is 18.1 Å². The summed E-state index contributed by atoms with van der Waals surface area (Å²) in [6.07, 6.45) is 6.73. The van der Waals surface area contributed by atoms with Crippen molar-refractivity contribution in [3.8, 4) is 5.75 Å². The topological polar surface area (TPSA) is 106 Å². The third kappa shape index (κ3) is 5.08. The molecule has 3 aliphatic heterocycles. The van der Waals surface area contributed by atoms with Crippen molar-refractivity contribution < 1.29 is 28.6 Å². The lowest BCUT2D eigenvalue weighted by molar-refractivity contribution is -0.136. The third-order valence-electron chi connectivity index (χ3n) is 8.01. The lowest BCUT2D eigenvalue weighted by atomic mass is 9.89. The number of carbonyl (C=O) groups excluding carboxylic acids is 3. The van der Waals surface area contributed by atoms with E-state index in [-0.39, 0.29) is 36.0 Å². The first-order chi connectivity index (χ1) is 17.0. The van der Waals surface area contributed by atoms with Crippen molar-refractivity contribution >= 4 is 17.7 Å². The molecular formula is C26H35N3O6. The van der Waals surface area contributed by atoms with Gasteiger partial charge in [0.2, 0.25) is 11.8 Å². The monoisotopic (exact) mass is 485 g/mol. The molecule has 1 aliphatic carbocycles. The van der Waals surface area contributed by atoms with Crippen LogP contribution in [-0.2, 0) is 25.6 Å². The summed E-state index contributed by atoms with van der Waals surface area (Å²) in [5.41, 5.74) is 1.27. The van der Waals surface area contributed by atoms with Crippen LogP contribution in [0.25, 0.3) is 0 Å². The SMILES string of the molecule is COC1(CNC2CCCCC2Oc2ccc3c(c2)CN(C2CCC(=O)NC2=O)C3=O)CCOCC1. The number of fused-ring (bicyclic) bond motifs is 1. The summed E-state index contributed by atoms with van der Waals surface area (Å²) >= 11 is 0. The molecule has 1 aromatic rings. The fourth-order valence-electron chi connectivity index (χ4n) is 5.78. The molecule has 9 heteroatoms. The maximum atomic E-state index is 13.0. The fraction of sp³-hybridized carbons (Fsp3) is 0.654. The molecule has 35 heavy (non-hydrogen) atoms. The smallest absolute Gasteiger partial charge is 0.255 e.